The van der Waals surface area contributed by atoms with Gasteiger partial charge in [0.25, 0.3) is 5.91 Å². The molecule has 1 rings (SSSR count). The molecule has 0 aliphatic carbocycles. The van der Waals surface area contributed by atoms with Crippen LogP contribution >= 0.6 is 0 Å². The van der Waals surface area contributed by atoms with E-state index >= 15 is 0 Å². The van der Waals surface area contributed by atoms with Crippen LogP contribution < -0.4 is 10.4 Å². The molecule has 0 bridgehead atoms. The molecule has 0 heterocycles. The third-order valence-corrected chi connectivity index (χ3v) is 2.67. The molecule has 0 aromatic heterocycles. The van der Waals surface area contributed by atoms with Crippen LogP contribution in [-0.2, 0) is 14.3 Å². The van der Waals surface area contributed by atoms with E-state index in [1.165, 1.54) is 36.9 Å². The highest BCUT2D eigenvalue weighted by molar-refractivity contribution is 5.96. The number of amides is 2. The van der Waals surface area contributed by atoms with E-state index in [1.807, 2.05) is 0 Å². The third kappa shape index (κ3) is 5.59. The normalized spacial score (nSPS) is 10.7. The summed E-state index contributed by atoms with van der Waals surface area (Å²) < 4.78 is 9.83. The zero-order valence-electron chi connectivity index (χ0n) is 13.5. The highest BCUT2D eigenvalue weighted by Gasteiger charge is 2.25. The largest absolute Gasteiger partial charge is 0.468 e. The Morgan fingerprint density at radius 1 is 1.17 bits per heavy atom. The van der Waals surface area contributed by atoms with Gasteiger partial charge in [-0.15, -0.1) is 0 Å². The monoisotopic (exact) mass is 324 g/mol. The molecule has 0 saturated carbocycles. The average molecular weight is 324 g/mol. The zero-order valence-corrected chi connectivity index (χ0v) is 13.5. The Morgan fingerprint density at radius 3 is 2.17 bits per heavy atom. The number of anilines is 1. The van der Waals surface area contributed by atoms with Crippen molar-refractivity contribution in [2.24, 2.45) is 0 Å². The lowest BCUT2D eigenvalue weighted by Crippen LogP contribution is -2.40. The lowest BCUT2D eigenvalue weighted by atomic mass is 10.2. The summed E-state index contributed by atoms with van der Waals surface area (Å²) in [6.45, 7) is 4.78. The van der Waals surface area contributed by atoms with Gasteiger partial charge in [0.05, 0.1) is 7.11 Å². The van der Waals surface area contributed by atoms with E-state index in [4.69, 9.17) is 9.94 Å². The van der Waals surface area contributed by atoms with Gasteiger partial charge in [-0.25, -0.2) is 10.3 Å². The van der Waals surface area contributed by atoms with Crippen LogP contribution in [0.4, 0.5) is 10.5 Å². The number of benzene rings is 1. The molecule has 23 heavy (non-hydrogen) atoms. The number of ether oxygens (including phenoxy) is 2. The molecule has 0 atom stereocenters. The standard InChI is InChI=1S/C15H20N2O6/c1-15(2,3)23-14(20)17(9-12(18)22-4)11-7-5-10(6-8-11)13(19)16-21/h5-8,21H,9H2,1-4H3,(H,16,19). The van der Waals surface area contributed by atoms with Crippen molar-refractivity contribution < 1.29 is 29.1 Å². The van der Waals surface area contributed by atoms with Crippen molar-refractivity contribution in [2.75, 3.05) is 18.6 Å². The average Bonchev–Trinajstić information content (AvgIpc) is 2.50. The summed E-state index contributed by atoms with van der Waals surface area (Å²) in [7, 11) is 1.21. The van der Waals surface area contributed by atoms with Gasteiger partial charge in [-0.1, -0.05) is 0 Å². The fraction of sp³-hybridized carbons (Fsp3) is 0.400. The lowest BCUT2D eigenvalue weighted by molar-refractivity contribution is -0.139. The summed E-state index contributed by atoms with van der Waals surface area (Å²) in [6, 6.07) is 5.71. The molecule has 0 aliphatic rings. The van der Waals surface area contributed by atoms with E-state index in [0.29, 0.717) is 5.69 Å². The Hall–Kier alpha value is -2.61. The van der Waals surface area contributed by atoms with Gasteiger partial charge in [0.2, 0.25) is 0 Å². The van der Waals surface area contributed by atoms with E-state index in [0.717, 1.165) is 4.90 Å². The summed E-state index contributed by atoms with van der Waals surface area (Å²) in [4.78, 5) is 36.2. The maximum Gasteiger partial charge on any atom is 0.415 e. The number of rotatable bonds is 4. The summed E-state index contributed by atoms with van der Waals surface area (Å²) in [5, 5.41) is 8.59. The van der Waals surface area contributed by atoms with Crippen molar-refractivity contribution in [3.63, 3.8) is 0 Å². The summed E-state index contributed by atoms with van der Waals surface area (Å²) in [5.41, 5.74) is 1.31. The van der Waals surface area contributed by atoms with Crippen molar-refractivity contribution in [3.05, 3.63) is 29.8 Å². The number of nitrogens with one attached hydrogen (secondary N) is 1. The Balaban J connectivity index is 3.06. The number of carbonyl (C=O) groups is 3. The molecule has 0 saturated heterocycles. The van der Waals surface area contributed by atoms with Crippen molar-refractivity contribution in [1.82, 2.24) is 5.48 Å². The fourth-order valence-electron chi connectivity index (χ4n) is 1.63. The molecule has 8 nitrogen and oxygen atoms in total. The molecule has 1 aromatic carbocycles. The zero-order chi connectivity index (χ0) is 17.6. The molecule has 0 unspecified atom stereocenters. The van der Waals surface area contributed by atoms with Crippen molar-refractivity contribution >= 4 is 23.7 Å². The number of methoxy groups -OCH3 is 1. The SMILES string of the molecule is COC(=O)CN(C(=O)OC(C)(C)C)c1ccc(C(=O)NO)cc1. The Morgan fingerprint density at radius 2 is 1.74 bits per heavy atom. The highest BCUT2D eigenvalue weighted by atomic mass is 16.6. The maximum absolute atomic E-state index is 12.3. The quantitative estimate of drug-likeness (QED) is 0.496. The molecule has 2 amide bonds. The summed E-state index contributed by atoms with van der Waals surface area (Å²) >= 11 is 0. The molecule has 0 radical (unpaired) electrons. The summed E-state index contributed by atoms with van der Waals surface area (Å²) in [5.74, 6) is -1.30. The number of carbonyl (C=O) groups excluding carboxylic acids is 3. The van der Waals surface area contributed by atoms with Gasteiger partial charge >= 0.3 is 12.1 Å². The van der Waals surface area contributed by atoms with Gasteiger partial charge in [0.1, 0.15) is 12.1 Å². The lowest BCUT2D eigenvalue weighted by Gasteiger charge is -2.26. The van der Waals surface area contributed by atoms with Crippen molar-refractivity contribution in [2.45, 2.75) is 26.4 Å². The predicted molar refractivity (Wildman–Crippen MR) is 81.3 cm³/mol. The Kier molecular flexibility index (Phi) is 6.09. The second kappa shape index (κ2) is 7.59. The molecule has 126 valence electrons. The molecule has 2 N–H and O–H groups in total. The van der Waals surface area contributed by atoms with Gasteiger partial charge < -0.3 is 9.47 Å². The molecule has 1 aromatic rings. The van der Waals surface area contributed by atoms with Gasteiger partial charge in [-0.3, -0.25) is 19.7 Å². The van der Waals surface area contributed by atoms with Gasteiger partial charge in [0.15, 0.2) is 0 Å². The van der Waals surface area contributed by atoms with Crippen LogP contribution in [0, 0.1) is 0 Å². The van der Waals surface area contributed by atoms with E-state index < -0.39 is 23.6 Å². The first-order valence-electron chi connectivity index (χ1n) is 6.79. The van der Waals surface area contributed by atoms with Gasteiger partial charge in [0, 0.05) is 11.3 Å². The number of hydrogen-bond donors (Lipinski definition) is 2. The molecule has 0 aliphatic heterocycles. The number of hydrogen-bond acceptors (Lipinski definition) is 6. The smallest absolute Gasteiger partial charge is 0.415 e. The minimum atomic E-state index is -0.734. The number of nitrogens with zero attached hydrogens (tertiary/aromatic N) is 1. The first kappa shape index (κ1) is 18.4. The van der Waals surface area contributed by atoms with E-state index in [-0.39, 0.29) is 12.1 Å². The molecule has 0 spiro atoms. The first-order chi connectivity index (χ1) is 10.7. The fourth-order valence-corrected chi connectivity index (χ4v) is 1.63. The number of hydroxylamine groups is 1. The van der Waals surface area contributed by atoms with E-state index in [9.17, 15) is 14.4 Å². The molecule has 8 heteroatoms. The molecule has 0 fully saturated rings. The summed E-state index contributed by atoms with van der Waals surface area (Å²) in [6.07, 6.45) is -0.720. The van der Waals surface area contributed by atoms with Crippen LogP contribution in [0.1, 0.15) is 31.1 Å². The van der Waals surface area contributed by atoms with Crippen LogP contribution in [0.25, 0.3) is 0 Å². The van der Waals surface area contributed by atoms with Gasteiger partial charge in [-0.2, -0.15) is 0 Å². The van der Waals surface area contributed by atoms with Crippen LogP contribution in [0.3, 0.4) is 0 Å². The second-order valence-corrected chi connectivity index (χ2v) is 5.63. The molecular weight excluding hydrogens is 304 g/mol. The Bertz CT molecular complexity index is 577. The predicted octanol–water partition coefficient (Wildman–Crippen LogP) is 1.72. The minimum absolute atomic E-state index is 0.193. The van der Waals surface area contributed by atoms with Crippen molar-refractivity contribution in [3.8, 4) is 0 Å². The second-order valence-electron chi connectivity index (χ2n) is 5.63. The first-order valence-corrected chi connectivity index (χ1v) is 6.79. The van der Waals surface area contributed by atoms with Crippen LogP contribution in [0.2, 0.25) is 0 Å². The Labute approximate surface area is 133 Å². The third-order valence-electron chi connectivity index (χ3n) is 2.67. The van der Waals surface area contributed by atoms with Crippen LogP contribution in [0.15, 0.2) is 24.3 Å². The number of esters is 1. The molecular formula is C15H20N2O6. The van der Waals surface area contributed by atoms with Crippen LogP contribution in [-0.4, -0.2) is 42.4 Å². The highest BCUT2D eigenvalue weighted by Crippen LogP contribution is 2.19. The van der Waals surface area contributed by atoms with E-state index in [1.54, 1.807) is 20.8 Å². The minimum Gasteiger partial charge on any atom is -0.468 e. The topological polar surface area (TPSA) is 105 Å². The maximum atomic E-state index is 12.3. The van der Waals surface area contributed by atoms with Crippen LogP contribution in [0.5, 0.6) is 0 Å². The van der Waals surface area contributed by atoms with E-state index in [2.05, 4.69) is 4.74 Å². The van der Waals surface area contributed by atoms with Crippen molar-refractivity contribution in [1.29, 1.82) is 0 Å². The van der Waals surface area contributed by atoms with Gasteiger partial charge in [-0.05, 0) is 45.0 Å².